The first-order valence-electron chi connectivity index (χ1n) is 14.6. The molecule has 1 fully saturated rings. The lowest BCUT2D eigenvalue weighted by atomic mass is 9.75. The summed E-state index contributed by atoms with van der Waals surface area (Å²) in [4.78, 5) is 49.2. The molecular formula is C31H43N5O6. The number of benzene rings is 1. The van der Waals surface area contributed by atoms with Crippen molar-refractivity contribution >= 4 is 29.4 Å². The molecule has 1 unspecified atom stereocenters. The van der Waals surface area contributed by atoms with Crippen molar-refractivity contribution in [3.8, 4) is 5.69 Å². The van der Waals surface area contributed by atoms with Gasteiger partial charge in [0.2, 0.25) is 0 Å². The van der Waals surface area contributed by atoms with Crippen molar-refractivity contribution in [1.82, 2.24) is 15.1 Å². The molecule has 1 atom stereocenters. The Hall–Kier alpha value is -3.89. The van der Waals surface area contributed by atoms with E-state index in [-0.39, 0.29) is 29.6 Å². The van der Waals surface area contributed by atoms with Gasteiger partial charge in [-0.05, 0) is 89.3 Å². The molecule has 0 spiro atoms. The molecule has 2 aromatic rings. The third kappa shape index (κ3) is 7.30. The highest BCUT2D eigenvalue weighted by Gasteiger charge is 2.36. The summed E-state index contributed by atoms with van der Waals surface area (Å²) in [5.41, 5.74) is 8.75. The number of alkyl carbamates (subject to hydrolysis) is 1. The number of carboxylic acid groups (broad SMARTS) is 1. The van der Waals surface area contributed by atoms with Gasteiger partial charge in [-0.2, -0.15) is 5.10 Å². The predicted molar refractivity (Wildman–Crippen MR) is 158 cm³/mol. The smallest absolute Gasteiger partial charge is 0.407 e. The summed E-state index contributed by atoms with van der Waals surface area (Å²) < 4.78 is 7.15. The van der Waals surface area contributed by atoms with E-state index in [4.69, 9.17) is 15.6 Å². The van der Waals surface area contributed by atoms with Crippen molar-refractivity contribution in [3.63, 3.8) is 0 Å². The van der Waals surface area contributed by atoms with E-state index in [1.807, 2.05) is 13.0 Å². The number of nitrogens with two attached hydrogens (primary N) is 1. The summed E-state index contributed by atoms with van der Waals surface area (Å²) in [5.74, 6) is -1.49. The minimum Gasteiger partial charge on any atom is -0.481 e. The minimum absolute atomic E-state index is 0.00962. The number of amides is 2. The van der Waals surface area contributed by atoms with Crippen LogP contribution in [0.25, 0.3) is 5.69 Å². The number of anilines is 1. The van der Waals surface area contributed by atoms with Crippen LogP contribution in [0.15, 0.2) is 18.2 Å². The maximum atomic E-state index is 12.9. The van der Waals surface area contributed by atoms with E-state index in [0.29, 0.717) is 61.0 Å². The summed E-state index contributed by atoms with van der Waals surface area (Å²) in [6.07, 6.45) is 3.13. The molecule has 0 bridgehead atoms. The molecule has 11 heteroatoms. The van der Waals surface area contributed by atoms with E-state index >= 15 is 0 Å². The van der Waals surface area contributed by atoms with Crippen LogP contribution in [0, 0.1) is 18.3 Å². The van der Waals surface area contributed by atoms with Gasteiger partial charge in [0.25, 0.3) is 5.91 Å². The molecule has 0 radical (unpaired) electrons. The zero-order valence-corrected chi connectivity index (χ0v) is 25.4. The average molecular weight is 582 g/mol. The lowest BCUT2D eigenvalue weighted by Crippen LogP contribution is -2.45. The number of hydrogen-bond donors (Lipinski definition) is 4. The Morgan fingerprint density at radius 1 is 1.17 bits per heavy atom. The quantitative estimate of drug-likeness (QED) is 0.346. The van der Waals surface area contributed by atoms with Gasteiger partial charge in [-0.25, -0.2) is 9.48 Å². The molecule has 2 aliphatic rings. The first kappa shape index (κ1) is 31.1. The first-order valence-corrected chi connectivity index (χ1v) is 14.6. The second kappa shape index (κ2) is 11.8. The zero-order chi connectivity index (χ0) is 31.0. The van der Waals surface area contributed by atoms with E-state index in [1.54, 1.807) is 37.6 Å². The van der Waals surface area contributed by atoms with E-state index in [1.165, 1.54) is 0 Å². The number of carbonyl (C=O) groups is 4. The van der Waals surface area contributed by atoms with Crippen molar-refractivity contribution in [3.05, 3.63) is 40.7 Å². The van der Waals surface area contributed by atoms with Gasteiger partial charge in [0, 0.05) is 24.2 Å². The second-order valence-corrected chi connectivity index (χ2v) is 13.5. The number of carboxylic acids is 1. The Balaban J connectivity index is 1.52. The molecule has 11 nitrogen and oxygen atoms in total. The number of Topliss-reactive ketones (excluding diaryl/α,β-unsaturated/α-hetero) is 1. The van der Waals surface area contributed by atoms with Crippen molar-refractivity contribution in [2.45, 2.75) is 104 Å². The largest absolute Gasteiger partial charge is 0.481 e. The van der Waals surface area contributed by atoms with Gasteiger partial charge in [0.05, 0.1) is 34.6 Å². The molecule has 4 rings (SSSR count). The van der Waals surface area contributed by atoms with Gasteiger partial charge < -0.3 is 26.2 Å². The van der Waals surface area contributed by atoms with Gasteiger partial charge in [0.1, 0.15) is 5.60 Å². The summed E-state index contributed by atoms with van der Waals surface area (Å²) >= 11 is 0. The monoisotopic (exact) mass is 581 g/mol. The van der Waals surface area contributed by atoms with Crippen LogP contribution in [-0.2, 0) is 16.0 Å². The van der Waals surface area contributed by atoms with Crippen LogP contribution in [0.4, 0.5) is 10.5 Å². The Morgan fingerprint density at radius 2 is 1.83 bits per heavy atom. The van der Waals surface area contributed by atoms with Crippen LogP contribution >= 0.6 is 0 Å². The predicted octanol–water partition coefficient (Wildman–Crippen LogP) is 4.77. The average Bonchev–Trinajstić information content (AvgIpc) is 3.17. The Labute approximate surface area is 246 Å². The van der Waals surface area contributed by atoms with E-state index < -0.39 is 29.6 Å². The minimum atomic E-state index is -0.986. The lowest BCUT2D eigenvalue weighted by molar-refractivity contribution is -0.137. The molecule has 1 aromatic heterocycles. The molecule has 228 valence electrons. The van der Waals surface area contributed by atoms with Gasteiger partial charge in [0.15, 0.2) is 5.78 Å². The normalized spacial score (nSPS) is 20.8. The summed E-state index contributed by atoms with van der Waals surface area (Å²) in [7, 11) is 0. The van der Waals surface area contributed by atoms with Gasteiger partial charge in [-0.3, -0.25) is 14.4 Å². The van der Waals surface area contributed by atoms with Crippen molar-refractivity contribution in [2.75, 3.05) is 5.32 Å². The summed E-state index contributed by atoms with van der Waals surface area (Å²) in [6.45, 7) is 11.3. The second-order valence-electron chi connectivity index (χ2n) is 13.5. The number of hydrogen-bond acceptors (Lipinski definition) is 7. The first-order chi connectivity index (χ1) is 19.5. The zero-order valence-electron chi connectivity index (χ0n) is 25.4. The van der Waals surface area contributed by atoms with Crippen LogP contribution in [0.2, 0.25) is 0 Å². The molecule has 2 amide bonds. The number of fused-ring (bicyclic) bond motifs is 1. The third-order valence-electron chi connectivity index (χ3n) is 8.03. The molecule has 1 heterocycles. The standard InChI is InChI=1S/C31H43N5O6/c1-17-27-24(15-31(5,6)16-25(27)37)36(35-17)20-11-12-21(28(32)40)23(13-20)33-19-9-7-18(8-10-19)22(14-26(38)39)34-29(41)42-30(2,3)4/h11-13,18-19,22,33H,7-10,14-16H2,1-6H3,(H2,32,40)(H,34,41)(H,38,39). The molecular weight excluding hydrogens is 538 g/mol. The molecule has 1 aromatic carbocycles. The Kier molecular flexibility index (Phi) is 8.71. The van der Waals surface area contributed by atoms with Gasteiger partial charge >= 0.3 is 12.1 Å². The number of aryl methyl sites for hydroxylation is 1. The fourth-order valence-corrected chi connectivity index (χ4v) is 6.22. The fourth-order valence-electron chi connectivity index (χ4n) is 6.22. The highest BCUT2D eigenvalue weighted by molar-refractivity contribution is 6.00. The topological polar surface area (TPSA) is 166 Å². The number of nitrogens with zero attached hydrogens (tertiary/aromatic N) is 2. The summed E-state index contributed by atoms with van der Waals surface area (Å²) in [5, 5.41) is 20.4. The summed E-state index contributed by atoms with van der Waals surface area (Å²) in [6, 6.07) is 4.78. The molecule has 1 saturated carbocycles. The van der Waals surface area contributed by atoms with Crippen LogP contribution in [0.3, 0.4) is 0 Å². The number of rotatable bonds is 8. The maximum absolute atomic E-state index is 12.9. The van der Waals surface area contributed by atoms with Crippen molar-refractivity contribution in [1.29, 1.82) is 0 Å². The van der Waals surface area contributed by atoms with Crippen molar-refractivity contribution < 1.29 is 29.0 Å². The molecule has 0 saturated heterocycles. The third-order valence-corrected chi connectivity index (χ3v) is 8.03. The Bertz CT molecular complexity index is 1380. The van der Waals surface area contributed by atoms with E-state index in [2.05, 4.69) is 24.5 Å². The lowest BCUT2D eigenvalue weighted by Gasteiger charge is -2.35. The highest BCUT2D eigenvalue weighted by Crippen LogP contribution is 2.38. The number of aromatic nitrogens is 2. The van der Waals surface area contributed by atoms with Gasteiger partial charge in [-0.15, -0.1) is 0 Å². The number of aliphatic carboxylic acids is 1. The van der Waals surface area contributed by atoms with Gasteiger partial charge in [-0.1, -0.05) is 13.8 Å². The number of carbonyl (C=O) groups excluding carboxylic acids is 3. The molecule has 0 aliphatic heterocycles. The molecule has 2 aliphatic carbocycles. The van der Waals surface area contributed by atoms with Crippen LogP contribution in [0.5, 0.6) is 0 Å². The SMILES string of the molecule is Cc1nn(-c2ccc(C(N)=O)c(NC3CCC(C(CC(=O)O)NC(=O)OC(C)(C)C)CC3)c2)c2c1C(=O)CC(C)(C)C2. The molecule has 5 N–H and O–H groups in total. The van der Waals surface area contributed by atoms with Crippen LogP contribution < -0.4 is 16.4 Å². The van der Waals surface area contributed by atoms with E-state index in [9.17, 15) is 24.3 Å². The Morgan fingerprint density at radius 3 is 2.43 bits per heavy atom. The van der Waals surface area contributed by atoms with E-state index in [0.717, 1.165) is 11.4 Å². The number of primary amides is 1. The van der Waals surface area contributed by atoms with Crippen LogP contribution in [-0.4, -0.2) is 56.3 Å². The maximum Gasteiger partial charge on any atom is 0.407 e. The molecule has 42 heavy (non-hydrogen) atoms. The fraction of sp³-hybridized carbons (Fsp3) is 0.581. The van der Waals surface area contributed by atoms with Crippen molar-refractivity contribution in [2.24, 2.45) is 17.1 Å². The number of nitrogens with one attached hydrogen (secondary N) is 2. The van der Waals surface area contributed by atoms with Crippen LogP contribution in [0.1, 0.15) is 105 Å². The number of ketones is 1. The highest BCUT2D eigenvalue weighted by atomic mass is 16.6. The number of ether oxygens (including phenoxy) is 1.